The summed E-state index contributed by atoms with van der Waals surface area (Å²) in [5.74, 6) is 0.666. The van der Waals surface area contributed by atoms with Crippen molar-refractivity contribution in [3.05, 3.63) is 60.7 Å². The SMILES string of the molecule is Fc1ccc(-c2nc3ccc(N4CCN(C5CC5)CC4)nn3c2-c2ccnnc2)cc1. The summed E-state index contributed by atoms with van der Waals surface area (Å²) >= 11 is 0. The van der Waals surface area contributed by atoms with Crippen molar-refractivity contribution >= 4 is 11.5 Å². The molecule has 0 atom stereocenters. The van der Waals surface area contributed by atoms with Gasteiger partial charge in [-0.2, -0.15) is 10.2 Å². The van der Waals surface area contributed by atoms with E-state index in [9.17, 15) is 4.39 Å². The second-order valence-corrected chi connectivity index (χ2v) is 8.16. The van der Waals surface area contributed by atoms with Crippen LogP contribution in [-0.2, 0) is 0 Å². The Balaban J connectivity index is 1.43. The topological polar surface area (TPSA) is 62.5 Å². The Morgan fingerprint density at radius 2 is 1.65 bits per heavy atom. The van der Waals surface area contributed by atoms with E-state index >= 15 is 0 Å². The van der Waals surface area contributed by atoms with Crippen LogP contribution in [0, 0.1) is 5.82 Å². The van der Waals surface area contributed by atoms with Crippen molar-refractivity contribution in [1.29, 1.82) is 0 Å². The van der Waals surface area contributed by atoms with E-state index in [0.29, 0.717) is 0 Å². The molecule has 6 rings (SSSR count). The lowest BCUT2D eigenvalue weighted by atomic mass is 10.1. The zero-order valence-corrected chi connectivity index (χ0v) is 17.0. The molecular weight excluding hydrogens is 393 g/mol. The van der Waals surface area contributed by atoms with Gasteiger partial charge in [0.15, 0.2) is 5.65 Å². The maximum absolute atomic E-state index is 13.5. The van der Waals surface area contributed by atoms with Crippen LogP contribution in [0.5, 0.6) is 0 Å². The molecule has 0 radical (unpaired) electrons. The first-order valence-electron chi connectivity index (χ1n) is 10.7. The number of hydrogen-bond acceptors (Lipinski definition) is 6. The second-order valence-electron chi connectivity index (χ2n) is 8.16. The fourth-order valence-corrected chi connectivity index (χ4v) is 4.35. The lowest BCUT2D eigenvalue weighted by molar-refractivity contribution is 0.247. The van der Waals surface area contributed by atoms with Crippen molar-refractivity contribution in [3.8, 4) is 22.5 Å². The van der Waals surface area contributed by atoms with Crippen molar-refractivity contribution in [2.75, 3.05) is 31.1 Å². The van der Waals surface area contributed by atoms with E-state index in [0.717, 1.165) is 66.2 Å². The Hall–Kier alpha value is -3.39. The van der Waals surface area contributed by atoms with Crippen molar-refractivity contribution in [2.45, 2.75) is 18.9 Å². The Morgan fingerprint density at radius 1 is 0.839 bits per heavy atom. The molecule has 0 bridgehead atoms. The summed E-state index contributed by atoms with van der Waals surface area (Å²) in [6.45, 7) is 4.11. The smallest absolute Gasteiger partial charge is 0.155 e. The summed E-state index contributed by atoms with van der Waals surface area (Å²) in [7, 11) is 0. The van der Waals surface area contributed by atoms with E-state index in [1.165, 1.54) is 25.0 Å². The van der Waals surface area contributed by atoms with Gasteiger partial charge >= 0.3 is 0 Å². The highest BCUT2D eigenvalue weighted by Gasteiger charge is 2.31. The molecule has 0 N–H and O–H groups in total. The number of aromatic nitrogens is 5. The van der Waals surface area contributed by atoms with E-state index in [1.54, 1.807) is 24.5 Å². The van der Waals surface area contributed by atoms with Gasteiger partial charge in [0, 0.05) is 43.3 Å². The van der Waals surface area contributed by atoms with Gasteiger partial charge < -0.3 is 4.90 Å². The van der Waals surface area contributed by atoms with E-state index in [2.05, 4.69) is 20.0 Å². The maximum atomic E-state index is 13.5. The third-order valence-electron chi connectivity index (χ3n) is 6.14. The molecule has 0 spiro atoms. The first-order chi connectivity index (χ1) is 15.3. The van der Waals surface area contributed by atoms with E-state index in [-0.39, 0.29) is 5.82 Å². The molecule has 1 saturated heterocycles. The number of hydrogen-bond donors (Lipinski definition) is 0. The van der Waals surface area contributed by atoms with Crippen LogP contribution < -0.4 is 4.90 Å². The fraction of sp³-hybridized carbons (Fsp3) is 0.304. The summed E-state index contributed by atoms with van der Waals surface area (Å²) < 4.78 is 15.4. The Kier molecular flexibility index (Phi) is 4.38. The summed E-state index contributed by atoms with van der Waals surface area (Å²) in [5.41, 5.74) is 4.01. The molecule has 4 aromatic rings. The number of fused-ring (bicyclic) bond motifs is 1. The van der Waals surface area contributed by atoms with Crippen molar-refractivity contribution in [1.82, 2.24) is 29.7 Å². The molecule has 1 aliphatic carbocycles. The van der Waals surface area contributed by atoms with Gasteiger partial charge in [-0.1, -0.05) is 0 Å². The second kappa shape index (κ2) is 7.39. The fourth-order valence-electron chi connectivity index (χ4n) is 4.35. The van der Waals surface area contributed by atoms with Gasteiger partial charge in [0.1, 0.15) is 17.3 Å². The number of benzene rings is 1. The van der Waals surface area contributed by atoms with Crippen LogP contribution in [-0.4, -0.2) is 61.9 Å². The Bertz CT molecular complexity index is 1210. The van der Waals surface area contributed by atoms with E-state index in [1.807, 2.05) is 22.7 Å². The van der Waals surface area contributed by atoms with Gasteiger partial charge in [-0.3, -0.25) is 4.90 Å². The minimum Gasteiger partial charge on any atom is -0.353 e. The first-order valence-corrected chi connectivity index (χ1v) is 10.7. The van der Waals surface area contributed by atoms with Crippen molar-refractivity contribution < 1.29 is 4.39 Å². The first kappa shape index (κ1) is 18.4. The molecule has 4 heterocycles. The molecule has 7 nitrogen and oxygen atoms in total. The molecule has 31 heavy (non-hydrogen) atoms. The highest BCUT2D eigenvalue weighted by molar-refractivity contribution is 5.81. The molecule has 1 aliphatic heterocycles. The molecule has 0 amide bonds. The monoisotopic (exact) mass is 415 g/mol. The standard InChI is InChI=1S/C23H22FN7/c24-18-3-1-16(2-4-18)22-23(17-9-10-25-26-15-17)31-20(27-22)7-8-21(28-31)30-13-11-29(12-14-30)19-5-6-19/h1-4,7-10,15,19H,5-6,11-14H2. The summed E-state index contributed by atoms with van der Waals surface area (Å²) in [6.07, 6.45) is 6.05. The maximum Gasteiger partial charge on any atom is 0.155 e. The van der Waals surface area contributed by atoms with Gasteiger partial charge in [-0.25, -0.2) is 13.9 Å². The van der Waals surface area contributed by atoms with Crippen LogP contribution in [0.3, 0.4) is 0 Å². The number of rotatable bonds is 4. The predicted octanol–water partition coefficient (Wildman–Crippen LogP) is 3.28. The highest BCUT2D eigenvalue weighted by atomic mass is 19.1. The van der Waals surface area contributed by atoms with Crippen LogP contribution in [0.15, 0.2) is 54.9 Å². The van der Waals surface area contributed by atoms with E-state index < -0.39 is 0 Å². The third-order valence-corrected chi connectivity index (χ3v) is 6.14. The lowest BCUT2D eigenvalue weighted by Gasteiger charge is -2.35. The molecule has 1 saturated carbocycles. The van der Waals surface area contributed by atoms with Gasteiger partial charge in [0.05, 0.1) is 18.1 Å². The zero-order chi connectivity index (χ0) is 20.8. The quantitative estimate of drug-likeness (QED) is 0.510. The summed E-state index contributed by atoms with van der Waals surface area (Å²) in [6, 6.07) is 13.1. The highest BCUT2D eigenvalue weighted by Crippen LogP contribution is 2.33. The number of nitrogens with zero attached hydrogens (tertiary/aromatic N) is 7. The molecule has 156 valence electrons. The average molecular weight is 415 g/mol. The molecule has 2 fully saturated rings. The summed E-state index contributed by atoms with van der Waals surface area (Å²) in [5, 5.41) is 12.9. The zero-order valence-electron chi connectivity index (χ0n) is 17.0. The van der Waals surface area contributed by atoms with Crippen LogP contribution in [0.4, 0.5) is 10.2 Å². The largest absolute Gasteiger partial charge is 0.353 e. The van der Waals surface area contributed by atoms with Crippen molar-refractivity contribution in [3.63, 3.8) is 0 Å². The number of halogens is 1. The third kappa shape index (κ3) is 3.42. The number of piperazine rings is 1. The van der Waals surface area contributed by atoms with Gasteiger partial charge in [-0.05, 0) is 55.3 Å². The average Bonchev–Trinajstić information content (AvgIpc) is 3.60. The van der Waals surface area contributed by atoms with Gasteiger partial charge in [0.2, 0.25) is 0 Å². The Labute approximate surface area is 179 Å². The number of imidazole rings is 1. The predicted molar refractivity (Wildman–Crippen MR) is 116 cm³/mol. The van der Waals surface area contributed by atoms with Crippen molar-refractivity contribution in [2.24, 2.45) is 0 Å². The molecule has 1 aromatic carbocycles. The van der Waals surface area contributed by atoms with Gasteiger partial charge in [-0.15, -0.1) is 5.10 Å². The number of anilines is 1. The minimum atomic E-state index is -0.273. The summed E-state index contributed by atoms with van der Waals surface area (Å²) in [4.78, 5) is 9.75. The van der Waals surface area contributed by atoms with Crippen LogP contribution in [0.2, 0.25) is 0 Å². The van der Waals surface area contributed by atoms with Crippen LogP contribution in [0.1, 0.15) is 12.8 Å². The lowest BCUT2D eigenvalue weighted by Crippen LogP contribution is -2.47. The van der Waals surface area contributed by atoms with Gasteiger partial charge in [0.25, 0.3) is 0 Å². The molecule has 2 aliphatic rings. The molecular formula is C23H22FN7. The van der Waals surface area contributed by atoms with E-state index in [4.69, 9.17) is 10.1 Å². The molecule has 0 unspecified atom stereocenters. The molecule has 3 aromatic heterocycles. The Morgan fingerprint density at radius 3 is 2.35 bits per heavy atom. The van der Waals surface area contributed by atoms with Crippen LogP contribution in [0.25, 0.3) is 28.2 Å². The van der Waals surface area contributed by atoms with Crippen LogP contribution >= 0.6 is 0 Å². The normalized spacial score (nSPS) is 17.4. The minimum absolute atomic E-state index is 0.273. The molecule has 8 heteroatoms.